The molecule has 2 aromatic carbocycles. The van der Waals surface area contributed by atoms with Crippen molar-refractivity contribution in [2.45, 2.75) is 26.2 Å². The van der Waals surface area contributed by atoms with E-state index in [-0.39, 0.29) is 18.1 Å². The lowest BCUT2D eigenvalue weighted by Crippen LogP contribution is -2.28. The normalized spacial score (nSPS) is 15.6. The van der Waals surface area contributed by atoms with Crippen molar-refractivity contribution in [1.82, 2.24) is 9.78 Å². The second-order valence-electron chi connectivity index (χ2n) is 7.09. The highest BCUT2D eigenvalue weighted by Gasteiger charge is 2.36. The number of rotatable bonds is 4. The maximum absolute atomic E-state index is 13.3. The van der Waals surface area contributed by atoms with Crippen molar-refractivity contribution in [2.24, 2.45) is 0 Å². The maximum Gasteiger partial charge on any atom is 0.226 e. The molecule has 0 bridgehead atoms. The second-order valence-corrected chi connectivity index (χ2v) is 7.50. The Hall–Kier alpha value is -3.12. The van der Waals surface area contributed by atoms with Crippen LogP contribution in [0, 0.1) is 13.8 Å². The van der Waals surface area contributed by atoms with Crippen molar-refractivity contribution in [1.29, 1.82) is 0 Å². The summed E-state index contributed by atoms with van der Waals surface area (Å²) < 4.78 is 6.87. The predicted molar refractivity (Wildman–Crippen MR) is 111 cm³/mol. The fourth-order valence-corrected chi connectivity index (χ4v) is 3.82. The zero-order valence-corrected chi connectivity index (χ0v) is 17.1. The third-order valence-electron chi connectivity index (χ3n) is 5.17. The number of anilines is 1. The summed E-state index contributed by atoms with van der Waals surface area (Å²) in [5.74, 6) is 0.140. The number of aromatic nitrogens is 2. The van der Waals surface area contributed by atoms with Gasteiger partial charge < -0.3 is 10.1 Å². The van der Waals surface area contributed by atoms with Gasteiger partial charge in [-0.3, -0.25) is 9.59 Å². The van der Waals surface area contributed by atoms with E-state index in [4.69, 9.17) is 16.3 Å². The first-order chi connectivity index (χ1) is 13.9. The van der Waals surface area contributed by atoms with Crippen LogP contribution >= 0.6 is 11.6 Å². The fourth-order valence-electron chi connectivity index (χ4n) is 3.65. The van der Waals surface area contributed by atoms with E-state index in [0.29, 0.717) is 27.8 Å². The highest BCUT2D eigenvalue weighted by Crippen LogP contribution is 2.38. The first-order valence-electron chi connectivity index (χ1n) is 9.23. The van der Waals surface area contributed by atoms with E-state index in [1.165, 1.54) is 0 Å². The average molecular weight is 410 g/mol. The van der Waals surface area contributed by atoms with E-state index in [2.05, 4.69) is 10.4 Å². The van der Waals surface area contributed by atoms with Crippen LogP contribution in [0.25, 0.3) is 5.69 Å². The molecule has 0 radical (unpaired) electrons. The maximum atomic E-state index is 13.3. The van der Waals surface area contributed by atoms with Gasteiger partial charge in [0.2, 0.25) is 5.91 Å². The molecule has 0 spiro atoms. The molecular weight excluding hydrogens is 390 g/mol. The van der Waals surface area contributed by atoms with Crippen LogP contribution in [0.15, 0.2) is 42.5 Å². The zero-order valence-electron chi connectivity index (χ0n) is 16.3. The van der Waals surface area contributed by atoms with Crippen molar-refractivity contribution < 1.29 is 14.3 Å². The summed E-state index contributed by atoms with van der Waals surface area (Å²) in [6, 6.07) is 12.5. The van der Waals surface area contributed by atoms with Crippen molar-refractivity contribution in [2.75, 3.05) is 12.4 Å². The van der Waals surface area contributed by atoms with Crippen LogP contribution in [0.2, 0.25) is 5.02 Å². The Morgan fingerprint density at radius 1 is 1.24 bits per heavy atom. The van der Waals surface area contributed by atoms with E-state index in [1.807, 2.05) is 26.0 Å². The van der Waals surface area contributed by atoms with Crippen molar-refractivity contribution in [3.8, 4) is 11.4 Å². The van der Waals surface area contributed by atoms with Gasteiger partial charge in [-0.25, -0.2) is 4.68 Å². The molecule has 2 heterocycles. The lowest BCUT2D eigenvalue weighted by molar-refractivity contribution is -0.116. The summed E-state index contributed by atoms with van der Waals surface area (Å²) in [6.45, 7) is 3.76. The number of hydrogen-bond acceptors (Lipinski definition) is 4. The minimum absolute atomic E-state index is 0.0736. The molecule has 1 amide bonds. The number of carbonyl (C=O) groups excluding carboxylic acids is 2. The summed E-state index contributed by atoms with van der Waals surface area (Å²) in [7, 11) is 1.55. The highest BCUT2D eigenvalue weighted by molar-refractivity contribution is 6.31. The number of nitrogens with zero attached hydrogens (tertiary/aromatic N) is 2. The Morgan fingerprint density at radius 2 is 2.03 bits per heavy atom. The molecular formula is C22H20ClN3O3. The number of Topliss-reactive ketones (excluding diaryl/α,β-unsaturated/α-hetero) is 1. The SMILES string of the molecule is COc1cccc(C(=O)[C@@H]2CC(=O)Nc3c2c(C)nn3-c2ccc(C)c(Cl)c2)c1. The van der Waals surface area contributed by atoms with E-state index < -0.39 is 5.92 Å². The third kappa shape index (κ3) is 3.40. The molecule has 0 saturated carbocycles. The third-order valence-corrected chi connectivity index (χ3v) is 5.58. The molecule has 1 aliphatic heterocycles. The molecule has 0 unspecified atom stereocenters. The molecule has 1 aliphatic rings. The Morgan fingerprint density at radius 3 is 2.76 bits per heavy atom. The van der Waals surface area contributed by atoms with Crippen LogP contribution in [-0.4, -0.2) is 28.6 Å². The van der Waals surface area contributed by atoms with Crippen LogP contribution in [0.1, 0.15) is 39.5 Å². The Balaban J connectivity index is 1.81. The summed E-state index contributed by atoms with van der Waals surface area (Å²) in [5.41, 5.74) is 3.59. The standard InChI is InChI=1S/C22H20ClN3O3/c1-12-7-8-15(10-18(12)23)26-22-20(13(2)25-26)17(11-19(27)24-22)21(28)14-5-4-6-16(9-14)29-3/h4-10,17H,11H2,1-3H3,(H,24,27)/t17-/m1/s1. The minimum Gasteiger partial charge on any atom is -0.497 e. The lowest BCUT2D eigenvalue weighted by Gasteiger charge is -2.23. The van der Waals surface area contributed by atoms with Gasteiger partial charge in [-0.1, -0.05) is 29.8 Å². The molecule has 1 atom stereocenters. The number of ether oxygens (including phenoxy) is 1. The summed E-state index contributed by atoms with van der Waals surface area (Å²) in [6.07, 6.45) is 0.0736. The van der Waals surface area contributed by atoms with E-state index in [0.717, 1.165) is 16.8 Å². The molecule has 148 valence electrons. The summed E-state index contributed by atoms with van der Waals surface area (Å²) >= 11 is 6.28. The number of halogens is 1. The van der Waals surface area contributed by atoms with Crippen LogP contribution < -0.4 is 10.1 Å². The van der Waals surface area contributed by atoms with Gasteiger partial charge in [0.25, 0.3) is 0 Å². The number of hydrogen-bond donors (Lipinski definition) is 1. The van der Waals surface area contributed by atoms with Crippen LogP contribution in [0.3, 0.4) is 0 Å². The molecule has 4 rings (SSSR count). The van der Waals surface area contributed by atoms with Gasteiger partial charge in [0.05, 0.1) is 24.4 Å². The Bertz CT molecular complexity index is 1140. The van der Waals surface area contributed by atoms with Gasteiger partial charge in [-0.05, 0) is 43.7 Å². The number of methoxy groups -OCH3 is 1. The van der Waals surface area contributed by atoms with Gasteiger partial charge >= 0.3 is 0 Å². The first-order valence-corrected chi connectivity index (χ1v) is 9.61. The lowest BCUT2D eigenvalue weighted by atomic mass is 9.85. The molecule has 29 heavy (non-hydrogen) atoms. The van der Waals surface area contributed by atoms with Crippen LogP contribution in [-0.2, 0) is 4.79 Å². The largest absolute Gasteiger partial charge is 0.497 e. The zero-order chi connectivity index (χ0) is 20.7. The minimum atomic E-state index is -0.611. The van der Waals surface area contributed by atoms with Gasteiger partial charge in [-0.15, -0.1) is 0 Å². The molecule has 0 fully saturated rings. The van der Waals surface area contributed by atoms with Crippen LogP contribution in [0.5, 0.6) is 5.75 Å². The summed E-state index contributed by atoms with van der Waals surface area (Å²) in [4.78, 5) is 25.7. The molecule has 0 saturated heterocycles. The van der Waals surface area contributed by atoms with Crippen molar-refractivity contribution in [3.63, 3.8) is 0 Å². The molecule has 7 heteroatoms. The van der Waals surface area contributed by atoms with Crippen molar-refractivity contribution >= 4 is 29.1 Å². The number of carbonyl (C=O) groups is 2. The van der Waals surface area contributed by atoms with Gasteiger partial charge in [0, 0.05) is 22.6 Å². The van der Waals surface area contributed by atoms with E-state index in [9.17, 15) is 9.59 Å². The number of amides is 1. The molecule has 6 nitrogen and oxygen atoms in total. The predicted octanol–water partition coefficient (Wildman–Crippen LogP) is 4.46. The van der Waals surface area contributed by atoms with Crippen LogP contribution in [0.4, 0.5) is 5.82 Å². The Kier molecular flexibility index (Phi) is 4.88. The number of benzene rings is 2. The molecule has 1 N–H and O–H groups in total. The number of fused-ring (bicyclic) bond motifs is 1. The molecule has 0 aliphatic carbocycles. The average Bonchev–Trinajstić information content (AvgIpc) is 3.05. The topological polar surface area (TPSA) is 73.2 Å². The fraction of sp³-hybridized carbons (Fsp3) is 0.227. The highest BCUT2D eigenvalue weighted by atomic mass is 35.5. The molecule has 3 aromatic rings. The molecule has 1 aromatic heterocycles. The number of aryl methyl sites for hydroxylation is 2. The van der Waals surface area contributed by atoms with Gasteiger partial charge in [-0.2, -0.15) is 5.10 Å². The second kappa shape index (κ2) is 7.37. The van der Waals surface area contributed by atoms with E-state index >= 15 is 0 Å². The van der Waals surface area contributed by atoms with Gasteiger partial charge in [0.15, 0.2) is 5.78 Å². The Labute approximate surface area is 173 Å². The number of ketones is 1. The van der Waals surface area contributed by atoms with Crippen molar-refractivity contribution in [3.05, 3.63) is 69.9 Å². The van der Waals surface area contributed by atoms with E-state index in [1.54, 1.807) is 42.1 Å². The quantitative estimate of drug-likeness (QED) is 0.645. The van der Waals surface area contributed by atoms with Gasteiger partial charge in [0.1, 0.15) is 11.6 Å². The first kappa shape index (κ1) is 19.2. The monoisotopic (exact) mass is 409 g/mol. The number of nitrogens with one attached hydrogen (secondary N) is 1. The summed E-state index contributed by atoms with van der Waals surface area (Å²) in [5, 5.41) is 8.08. The smallest absolute Gasteiger partial charge is 0.226 e.